The minimum Gasteiger partial charge on any atom is -0.336 e. The van der Waals surface area contributed by atoms with Crippen molar-refractivity contribution >= 4 is 43.4 Å². The molecule has 44 heavy (non-hydrogen) atoms. The number of anilines is 1. The fourth-order valence-electron chi connectivity index (χ4n) is 4.96. The topological polar surface area (TPSA) is 172 Å². The van der Waals surface area contributed by atoms with E-state index in [1.54, 1.807) is 24.4 Å². The van der Waals surface area contributed by atoms with Crippen LogP contribution in [0.5, 0.6) is 0 Å². The van der Waals surface area contributed by atoms with Crippen molar-refractivity contribution < 1.29 is 22.0 Å². The van der Waals surface area contributed by atoms with Crippen molar-refractivity contribution in [3.63, 3.8) is 0 Å². The number of H-pyrrole nitrogens is 2. The summed E-state index contributed by atoms with van der Waals surface area (Å²) in [4.78, 5) is 28.5. The van der Waals surface area contributed by atoms with E-state index in [0.29, 0.717) is 57.6 Å². The number of imidazole rings is 1. The number of amides is 1. The maximum atomic E-state index is 15.3. The van der Waals surface area contributed by atoms with Gasteiger partial charge in [-0.25, -0.2) is 22.2 Å². The SMILES string of the molecule is CCCC(=O)Nc1cncc(-c2cc(F)c3[nH]nc(-c4nc5c(-c6cc(F)cc(C(N)S(C)(=O)=O)c6)nccc5[nH]4)c3c2)c1. The number of halogens is 2. The van der Waals surface area contributed by atoms with Crippen molar-refractivity contribution in [3.05, 3.63) is 78.3 Å². The summed E-state index contributed by atoms with van der Waals surface area (Å²) in [5, 5.41) is 8.85. The number of nitrogens with one attached hydrogen (secondary N) is 3. The normalized spacial score (nSPS) is 12.6. The number of hydrogen-bond acceptors (Lipinski definition) is 8. The Labute approximate surface area is 249 Å². The third kappa shape index (κ3) is 5.52. The van der Waals surface area contributed by atoms with Gasteiger partial charge in [-0.05, 0) is 60.0 Å². The van der Waals surface area contributed by atoms with E-state index in [9.17, 15) is 17.6 Å². The van der Waals surface area contributed by atoms with Gasteiger partial charge in [0.05, 0.1) is 23.1 Å². The lowest BCUT2D eigenvalue weighted by Crippen LogP contribution is -2.20. The summed E-state index contributed by atoms with van der Waals surface area (Å²) in [6.45, 7) is 1.91. The van der Waals surface area contributed by atoms with Gasteiger partial charge in [0.2, 0.25) is 5.91 Å². The van der Waals surface area contributed by atoms with Crippen molar-refractivity contribution in [2.24, 2.45) is 5.73 Å². The van der Waals surface area contributed by atoms with Crippen molar-refractivity contribution in [2.45, 2.75) is 25.1 Å². The Morgan fingerprint density at radius 3 is 2.64 bits per heavy atom. The highest BCUT2D eigenvalue weighted by atomic mass is 32.2. The Morgan fingerprint density at radius 1 is 1.05 bits per heavy atom. The smallest absolute Gasteiger partial charge is 0.224 e. The molecule has 4 aromatic heterocycles. The molecule has 0 bridgehead atoms. The summed E-state index contributed by atoms with van der Waals surface area (Å²) in [7, 11) is -3.69. The zero-order valence-electron chi connectivity index (χ0n) is 23.5. The van der Waals surface area contributed by atoms with Gasteiger partial charge >= 0.3 is 0 Å². The van der Waals surface area contributed by atoms with E-state index in [1.165, 1.54) is 30.6 Å². The van der Waals surface area contributed by atoms with Gasteiger partial charge in [0.15, 0.2) is 15.7 Å². The number of rotatable bonds is 8. The zero-order valence-corrected chi connectivity index (χ0v) is 24.3. The Bertz CT molecular complexity index is 2180. The fraction of sp³-hybridized carbons (Fsp3) is 0.167. The van der Waals surface area contributed by atoms with Gasteiger partial charge < -0.3 is 16.0 Å². The number of sulfone groups is 1. The first-order valence-electron chi connectivity index (χ1n) is 13.5. The van der Waals surface area contributed by atoms with Crippen molar-refractivity contribution in [3.8, 4) is 33.9 Å². The van der Waals surface area contributed by atoms with E-state index in [0.717, 1.165) is 12.3 Å². The fourth-order valence-corrected chi connectivity index (χ4v) is 5.59. The Kier molecular flexibility index (Phi) is 7.39. The molecule has 0 aliphatic heterocycles. The second kappa shape index (κ2) is 11.2. The average molecular weight is 617 g/mol. The molecule has 0 saturated heterocycles. The second-order valence-corrected chi connectivity index (χ2v) is 12.5. The van der Waals surface area contributed by atoms with Crippen LogP contribution < -0.4 is 11.1 Å². The predicted octanol–water partition coefficient (Wildman–Crippen LogP) is 5.25. The molecule has 0 saturated carbocycles. The van der Waals surface area contributed by atoms with E-state index in [1.807, 2.05) is 6.92 Å². The standard InChI is InChI=1S/C30H26F2N8O3S/c1-3-4-24(41)36-20-10-18(13-34-14-20)15-11-21-26(22(32)12-15)39-40-27(21)30-37-23-5-6-35-25(28(23)38-30)16-7-17(9-19(31)8-16)29(33)44(2,42)43/h5-14,29H,3-4,33H2,1-2H3,(H,36,41)(H,37,38)(H,39,40). The summed E-state index contributed by atoms with van der Waals surface area (Å²) in [5.74, 6) is -1.09. The molecule has 0 aliphatic carbocycles. The summed E-state index contributed by atoms with van der Waals surface area (Å²) in [6, 6.07) is 10.2. The minimum atomic E-state index is -3.69. The molecule has 5 N–H and O–H groups in total. The number of nitrogens with zero attached hydrogens (tertiary/aromatic N) is 4. The van der Waals surface area contributed by atoms with Crippen LogP contribution in [0, 0.1) is 11.6 Å². The molecule has 1 unspecified atom stereocenters. The third-order valence-corrected chi connectivity index (χ3v) is 8.26. The molecule has 2 aromatic carbocycles. The highest BCUT2D eigenvalue weighted by molar-refractivity contribution is 7.90. The Hall–Kier alpha value is -5.08. The largest absolute Gasteiger partial charge is 0.336 e. The van der Waals surface area contributed by atoms with Crippen LogP contribution in [0.2, 0.25) is 0 Å². The maximum absolute atomic E-state index is 15.3. The molecule has 0 aliphatic rings. The molecule has 11 nitrogen and oxygen atoms in total. The average Bonchev–Trinajstić information content (AvgIpc) is 3.60. The molecule has 14 heteroatoms. The number of fused-ring (bicyclic) bond motifs is 2. The van der Waals surface area contributed by atoms with Crippen LogP contribution in [0.25, 0.3) is 55.8 Å². The van der Waals surface area contributed by atoms with Crippen molar-refractivity contribution in [1.29, 1.82) is 0 Å². The summed E-state index contributed by atoms with van der Waals surface area (Å²) in [6.07, 6.45) is 6.63. The molecule has 224 valence electrons. The first-order chi connectivity index (χ1) is 21.0. The van der Waals surface area contributed by atoms with Crippen LogP contribution in [0.1, 0.15) is 30.7 Å². The van der Waals surface area contributed by atoms with Gasteiger partial charge in [-0.15, -0.1) is 0 Å². The number of carbonyl (C=O) groups excluding carboxylic acids is 1. The number of aromatic nitrogens is 6. The number of aromatic amines is 2. The Balaban J connectivity index is 1.43. The van der Waals surface area contributed by atoms with Crippen LogP contribution >= 0.6 is 0 Å². The van der Waals surface area contributed by atoms with Gasteiger partial charge in [-0.2, -0.15) is 5.10 Å². The lowest BCUT2D eigenvalue weighted by atomic mass is 10.0. The molecule has 6 rings (SSSR count). The van der Waals surface area contributed by atoms with E-state index < -0.39 is 26.8 Å². The number of pyridine rings is 2. The molecular weight excluding hydrogens is 590 g/mol. The Morgan fingerprint density at radius 2 is 1.86 bits per heavy atom. The molecule has 4 heterocycles. The van der Waals surface area contributed by atoms with Gasteiger partial charge in [0.1, 0.15) is 33.7 Å². The van der Waals surface area contributed by atoms with Crippen LogP contribution in [0.15, 0.2) is 61.1 Å². The van der Waals surface area contributed by atoms with Crippen molar-refractivity contribution in [2.75, 3.05) is 11.6 Å². The highest BCUT2D eigenvalue weighted by Crippen LogP contribution is 2.35. The van der Waals surface area contributed by atoms with Gasteiger partial charge in [0, 0.05) is 41.6 Å². The molecule has 6 aromatic rings. The zero-order chi connectivity index (χ0) is 31.2. The summed E-state index contributed by atoms with van der Waals surface area (Å²) < 4.78 is 54.0. The molecule has 1 atom stereocenters. The van der Waals surface area contributed by atoms with Crippen molar-refractivity contribution in [1.82, 2.24) is 30.1 Å². The molecular formula is C30H26F2N8O3S. The van der Waals surface area contributed by atoms with E-state index >= 15 is 4.39 Å². The maximum Gasteiger partial charge on any atom is 0.224 e. The first-order valence-corrected chi connectivity index (χ1v) is 15.5. The number of carbonyl (C=O) groups is 1. The lowest BCUT2D eigenvalue weighted by Gasteiger charge is -2.12. The number of hydrogen-bond donors (Lipinski definition) is 4. The molecule has 0 fully saturated rings. The van der Waals surface area contributed by atoms with Crippen LogP contribution in [0.3, 0.4) is 0 Å². The van der Waals surface area contributed by atoms with Gasteiger partial charge in [0.25, 0.3) is 0 Å². The van der Waals surface area contributed by atoms with Crippen LogP contribution in [0.4, 0.5) is 14.5 Å². The van der Waals surface area contributed by atoms with Crippen LogP contribution in [-0.4, -0.2) is 50.7 Å². The van der Waals surface area contributed by atoms with E-state index in [-0.39, 0.29) is 28.2 Å². The lowest BCUT2D eigenvalue weighted by molar-refractivity contribution is -0.116. The van der Waals surface area contributed by atoms with Gasteiger partial charge in [-0.3, -0.25) is 19.9 Å². The van der Waals surface area contributed by atoms with Crippen LogP contribution in [-0.2, 0) is 14.6 Å². The van der Waals surface area contributed by atoms with Gasteiger partial charge in [-0.1, -0.05) is 6.92 Å². The van der Waals surface area contributed by atoms with E-state index in [2.05, 4.69) is 35.5 Å². The van der Waals surface area contributed by atoms with E-state index in [4.69, 9.17) is 5.73 Å². The third-order valence-electron chi connectivity index (χ3n) is 7.07. The summed E-state index contributed by atoms with van der Waals surface area (Å²) >= 11 is 0. The second-order valence-electron chi connectivity index (χ2n) is 10.4. The predicted molar refractivity (Wildman–Crippen MR) is 163 cm³/mol. The number of benzene rings is 2. The number of nitrogens with two attached hydrogens (primary N) is 1. The summed E-state index contributed by atoms with van der Waals surface area (Å²) in [5.41, 5.74) is 9.46. The molecule has 0 spiro atoms. The molecule has 0 radical (unpaired) electrons. The monoisotopic (exact) mass is 616 g/mol. The molecule has 1 amide bonds. The minimum absolute atomic E-state index is 0.0712. The first kappa shape index (κ1) is 29.0. The highest BCUT2D eigenvalue weighted by Gasteiger charge is 2.22. The quantitative estimate of drug-likeness (QED) is 0.180.